The standard InChI is InChI=1S/C13H18N2O2/c16-11-1-2-13-12(7-11)10(9-17-13)8-15-5-3-14-4-6-15/h1-2,7,10,14,16H,3-6,8-9H2. The summed E-state index contributed by atoms with van der Waals surface area (Å²) in [6, 6.07) is 5.39. The SMILES string of the molecule is Oc1ccc2c(c1)C(CN1CCNCC1)CO2. The molecule has 1 unspecified atom stereocenters. The zero-order valence-corrected chi connectivity index (χ0v) is 9.85. The quantitative estimate of drug-likeness (QED) is 0.793. The van der Waals surface area contributed by atoms with Crippen LogP contribution in [0.4, 0.5) is 0 Å². The number of phenols is 1. The van der Waals surface area contributed by atoms with Crippen LogP contribution in [-0.2, 0) is 0 Å². The highest BCUT2D eigenvalue weighted by Gasteiger charge is 2.26. The van der Waals surface area contributed by atoms with Crippen molar-refractivity contribution in [2.24, 2.45) is 0 Å². The minimum atomic E-state index is 0.333. The average molecular weight is 234 g/mol. The number of fused-ring (bicyclic) bond motifs is 1. The number of nitrogens with one attached hydrogen (secondary N) is 1. The Bertz CT molecular complexity index is 402. The van der Waals surface area contributed by atoms with Crippen molar-refractivity contribution in [2.75, 3.05) is 39.3 Å². The van der Waals surface area contributed by atoms with Crippen molar-refractivity contribution in [1.29, 1.82) is 0 Å². The molecule has 2 aliphatic heterocycles. The summed E-state index contributed by atoms with van der Waals surface area (Å²) in [5.41, 5.74) is 1.16. The largest absolute Gasteiger partial charge is 0.508 e. The fourth-order valence-corrected chi connectivity index (χ4v) is 2.62. The molecule has 2 aliphatic rings. The zero-order chi connectivity index (χ0) is 11.7. The first-order valence-electron chi connectivity index (χ1n) is 6.22. The van der Waals surface area contributed by atoms with Gasteiger partial charge >= 0.3 is 0 Å². The molecule has 0 spiro atoms. The first-order valence-corrected chi connectivity index (χ1v) is 6.22. The fraction of sp³-hybridized carbons (Fsp3) is 0.538. The highest BCUT2D eigenvalue weighted by Crippen LogP contribution is 2.36. The Morgan fingerprint density at radius 1 is 1.35 bits per heavy atom. The van der Waals surface area contributed by atoms with Crippen LogP contribution in [0, 0.1) is 0 Å². The Kier molecular flexibility index (Phi) is 2.91. The molecule has 2 N–H and O–H groups in total. The molecule has 1 saturated heterocycles. The van der Waals surface area contributed by atoms with Crippen LogP contribution in [0.2, 0.25) is 0 Å². The van der Waals surface area contributed by atoms with Crippen molar-refractivity contribution >= 4 is 0 Å². The Morgan fingerprint density at radius 2 is 2.18 bits per heavy atom. The molecule has 4 nitrogen and oxygen atoms in total. The lowest BCUT2D eigenvalue weighted by molar-refractivity contribution is 0.211. The average Bonchev–Trinajstić information content (AvgIpc) is 2.73. The van der Waals surface area contributed by atoms with Crippen molar-refractivity contribution in [3.8, 4) is 11.5 Å². The lowest BCUT2D eigenvalue weighted by Crippen LogP contribution is -2.45. The van der Waals surface area contributed by atoms with Crippen LogP contribution in [0.15, 0.2) is 18.2 Å². The van der Waals surface area contributed by atoms with Gasteiger partial charge in [0.05, 0.1) is 6.61 Å². The number of phenolic OH excluding ortho intramolecular Hbond substituents is 1. The van der Waals surface area contributed by atoms with Crippen molar-refractivity contribution < 1.29 is 9.84 Å². The molecule has 1 aromatic rings. The maximum atomic E-state index is 9.54. The lowest BCUT2D eigenvalue weighted by atomic mass is 10.00. The Labute approximate surface area is 101 Å². The van der Waals surface area contributed by atoms with E-state index in [2.05, 4.69) is 10.2 Å². The van der Waals surface area contributed by atoms with E-state index in [1.54, 1.807) is 6.07 Å². The molecule has 1 atom stereocenters. The molecular weight excluding hydrogens is 216 g/mol. The number of benzene rings is 1. The van der Waals surface area contributed by atoms with Gasteiger partial charge in [-0.05, 0) is 18.2 Å². The number of rotatable bonds is 2. The van der Waals surface area contributed by atoms with E-state index in [4.69, 9.17) is 4.74 Å². The molecule has 1 aromatic carbocycles. The second-order valence-corrected chi connectivity index (χ2v) is 4.78. The Hall–Kier alpha value is -1.26. The maximum absolute atomic E-state index is 9.54. The van der Waals surface area contributed by atoms with E-state index in [0.29, 0.717) is 11.7 Å². The predicted molar refractivity (Wildman–Crippen MR) is 65.7 cm³/mol. The summed E-state index contributed by atoms with van der Waals surface area (Å²) in [6.07, 6.45) is 0. The van der Waals surface area contributed by atoms with Gasteiger partial charge < -0.3 is 20.1 Å². The predicted octanol–water partition coefficient (Wildman–Crippen LogP) is 0.773. The molecule has 0 bridgehead atoms. The van der Waals surface area contributed by atoms with Crippen LogP contribution in [-0.4, -0.2) is 49.3 Å². The topological polar surface area (TPSA) is 44.7 Å². The van der Waals surface area contributed by atoms with Crippen LogP contribution in [0.25, 0.3) is 0 Å². The first-order chi connectivity index (χ1) is 8.33. The van der Waals surface area contributed by atoms with E-state index < -0.39 is 0 Å². The molecule has 1 fully saturated rings. The van der Waals surface area contributed by atoms with E-state index >= 15 is 0 Å². The molecule has 0 radical (unpaired) electrons. The summed E-state index contributed by atoms with van der Waals surface area (Å²) in [5, 5.41) is 12.9. The maximum Gasteiger partial charge on any atom is 0.123 e. The van der Waals surface area contributed by atoms with Crippen molar-refractivity contribution in [2.45, 2.75) is 5.92 Å². The molecule has 92 valence electrons. The normalized spacial score (nSPS) is 24.4. The van der Waals surface area contributed by atoms with Crippen molar-refractivity contribution in [3.63, 3.8) is 0 Å². The molecule has 0 aliphatic carbocycles. The summed E-state index contributed by atoms with van der Waals surface area (Å²) in [4.78, 5) is 2.46. The van der Waals surface area contributed by atoms with Crippen LogP contribution in [0.1, 0.15) is 11.5 Å². The smallest absolute Gasteiger partial charge is 0.123 e. The van der Waals surface area contributed by atoms with Crippen molar-refractivity contribution in [1.82, 2.24) is 10.2 Å². The molecule has 3 rings (SSSR count). The molecule has 17 heavy (non-hydrogen) atoms. The Morgan fingerprint density at radius 3 is 3.00 bits per heavy atom. The molecule has 0 amide bonds. The number of ether oxygens (including phenoxy) is 1. The zero-order valence-electron chi connectivity index (χ0n) is 9.85. The van der Waals surface area contributed by atoms with Gasteiger partial charge in [-0.3, -0.25) is 0 Å². The molecule has 4 heteroatoms. The number of hydrogen-bond donors (Lipinski definition) is 2. The van der Waals surface area contributed by atoms with E-state index in [-0.39, 0.29) is 0 Å². The fourth-order valence-electron chi connectivity index (χ4n) is 2.62. The van der Waals surface area contributed by atoms with Gasteiger partial charge in [0.25, 0.3) is 0 Å². The van der Waals surface area contributed by atoms with Gasteiger partial charge in [0.1, 0.15) is 11.5 Å². The van der Waals surface area contributed by atoms with E-state index in [1.807, 2.05) is 12.1 Å². The number of hydrogen-bond acceptors (Lipinski definition) is 4. The van der Waals surface area contributed by atoms with Gasteiger partial charge in [0.15, 0.2) is 0 Å². The highest BCUT2D eigenvalue weighted by atomic mass is 16.5. The van der Waals surface area contributed by atoms with E-state index in [1.165, 1.54) is 0 Å². The summed E-state index contributed by atoms with van der Waals surface area (Å²) in [5.74, 6) is 1.66. The summed E-state index contributed by atoms with van der Waals surface area (Å²) >= 11 is 0. The lowest BCUT2D eigenvalue weighted by Gasteiger charge is -2.29. The van der Waals surface area contributed by atoms with Crippen LogP contribution < -0.4 is 10.1 Å². The third-order valence-electron chi connectivity index (χ3n) is 3.56. The molecule has 0 aromatic heterocycles. The number of nitrogens with zero attached hydrogens (tertiary/aromatic N) is 1. The van der Waals surface area contributed by atoms with Crippen molar-refractivity contribution in [3.05, 3.63) is 23.8 Å². The van der Waals surface area contributed by atoms with Crippen LogP contribution >= 0.6 is 0 Å². The minimum Gasteiger partial charge on any atom is -0.508 e. The second-order valence-electron chi connectivity index (χ2n) is 4.78. The minimum absolute atomic E-state index is 0.333. The van der Waals surface area contributed by atoms with E-state index in [0.717, 1.165) is 50.6 Å². The monoisotopic (exact) mass is 234 g/mol. The van der Waals surface area contributed by atoms with Gasteiger partial charge in [-0.15, -0.1) is 0 Å². The van der Waals surface area contributed by atoms with Crippen LogP contribution in [0.3, 0.4) is 0 Å². The first kappa shape index (κ1) is 10.9. The highest BCUT2D eigenvalue weighted by molar-refractivity contribution is 5.44. The van der Waals surface area contributed by atoms with Crippen LogP contribution in [0.5, 0.6) is 11.5 Å². The summed E-state index contributed by atoms with van der Waals surface area (Å²) in [7, 11) is 0. The third-order valence-corrected chi connectivity index (χ3v) is 3.56. The van der Waals surface area contributed by atoms with Gasteiger partial charge in [0, 0.05) is 44.2 Å². The summed E-state index contributed by atoms with van der Waals surface area (Å²) in [6.45, 7) is 6.11. The third kappa shape index (κ3) is 2.23. The van der Waals surface area contributed by atoms with Gasteiger partial charge in [-0.2, -0.15) is 0 Å². The van der Waals surface area contributed by atoms with Gasteiger partial charge in [-0.25, -0.2) is 0 Å². The second kappa shape index (κ2) is 4.55. The number of piperazine rings is 1. The molecule has 2 heterocycles. The molecular formula is C13H18N2O2. The summed E-state index contributed by atoms with van der Waals surface area (Å²) < 4.78 is 5.65. The number of aromatic hydroxyl groups is 1. The van der Waals surface area contributed by atoms with Gasteiger partial charge in [0.2, 0.25) is 0 Å². The molecule has 0 saturated carbocycles. The van der Waals surface area contributed by atoms with E-state index in [9.17, 15) is 5.11 Å². The van der Waals surface area contributed by atoms with Gasteiger partial charge in [-0.1, -0.05) is 0 Å². The Balaban J connectivity index is 1.72.